The standard InChI is InChI=1S/C15H25N5O/c1-5-6-7-8-15(2,3)9-20-12-11(19-14(20)16)13(21-4)18-10-17-12/h10H,5-9H2,1-4H3,(H2,16,19). The molecule has 2 aromatic rings. The van der Waals surface area contributed by atoms with E-state index in [1.807, 2.05) is 4.57 Å². The van der Waals surface area contributed by atoms with Crippen LogP contribution in [-0.4, -0.2) is 26.6 Å². The smallest absolute Gasteiger partial charge is 0.245 e. The van der Waals surface area contributed by atoms with Crippen LogP contribution in [0.15, 0.2) is 6.33 Å². The summed E-state index contributed by atoms with van der Waals surface area (Å²) in [5, 5.41) is 0. The van der Waals surface area contributed by atoms with Crippen molar-refractivity contribution in [3.05, 3.63) is 6.33 Å². The van der Waals surface area contributed by atoms with Crippen molar-refractivity contribution in [2.45, 2.75) is 53.0 Å². The van der Waals surface area contributed by atoms with E-state index in [-0.39, 0.29) is 5.41 Å². The average molecular weight is 291 g/mol. The fraction of sp³-hybridized carbons (Fsp3) is 0.667. The maximum atomic E-state index is 6.07. The summed E-state index contributed by atoms with van der Waals surface area (Å²) >= 11 is 0. The Bertz CT molecular complexity index is 605. The van der Waals surface area contributed by atoms with Crippen LogP contribution in [0.3, 0.4) is 0 Å². The second-order valence-electron chi connectivity index (χ2n) is 6.23. The molecule has 0 aromatic carbocycles. The van der Waals surface area contributed by atoms with Gasteiger partial charge in [0.25, 0.3) is 0 Å². The van der Waals surface area contributed by atoms with Crippen LogP contribution in [0.5, 0.6) is 5.88 Å². The highest BCUT2D eigenvalue weighted by atomic mass is 16.5. The Balaban J connectivity index is 2.27. The zero-order valence-corrected chi connectivity index (χ0v) is 13.4. The fourth-order valence-corrected chi connectivity index (χ4v) is 2.60. The average Bonchev–Trinajstić information content (AvgIpc) is 2.75. The van der Waals surface area contributed by atoms with Crippen molar-refractivity contribution in [3.63, 3.8) is 0 Å². The number of rotatable bonds is 7. The summed E-state index contributed by atoms with van der Waals surface area (Å²) in [5.41, 5.74) is 7.58. The third-order valence-electron chi connectivity index (χ3n) is 3.76. The summed E-state index contributed by atoms with van der Waals surface area (Å²) < 4.78 is 7.19. The number of nitrogen functional groups attached to an aromatic ring is 1. The minimum Gasteiger partial charge on any atom is -0.479 e. The Morgan fingerprint density at radius 2 is 2.05 bits per heavy atom. The summed E-state index contributed by atoms with van der Waals surface area (Å²) in [6.07, 6.45) is 6.37. The van der Waals surface area contributed by atoms with Gasteiger partial charge in [0.05, 0.1) is 7.11 Å². The van der Waals surface area contributed by atoms with Crippen LogP contribution >= 0.6 is 0 Å². The first-order valence-electron chi connectivity index (χ1n) is 7.49. The number of aromatic nitrogens is 4. The Morgan fingerprint density at radius 3 is 2.71 bits per heavy atom. The Hall–Kier alpha value is -1.85. The lowest BCUT2D eigenvalue weighted by Crippen LogP contribution is -2.21. The molecule has 0 unspecified atom stereocenters. The molecule has 0 fully saturated rings. The van der Waals surface area contributed by atoms with E-state index in [0.717, 1.165) is 18.6 Å². The highest BCUT2D eigenvalue weighted by Crippen LogP contribution is 2.30. The third kappa shape index (κ3) is 3.43. The number of nitrogens with two attached hydrogens (primary N) is 1. The SMILES string of the molecule is CCCCCC(C)(C)Cn1c(N)nc2c(OC)ncnc21. The van der Waals surface area contributed by atoms with E-state index in [0.29, 0.717) is 17.3 Å². The predicted octanol–water partition coefficient (Wildman–Crippen LogP) is 3.02. The molecule has 0 aliphatic carbocycles. The molecule has 0 spiro atoms. The monoisotopic (exact) mass is 291 g/mol. The number of nitrogens with zero attached hydrogens (tertiary/aromatic N) is 4. The number of ether oxygens (including phenoxy) is 1. The predicted molar refractivity (Wildman–Crippen MR) is 84.2 cm³/mol. The molecule has 0 bridgehead atoms. The minimum atomic E-state index is 0.148. The molecule has 0 aliphatic rings. The van der Waals surface area contributed by atoms with E-state index in [4.69, 9.17) is 10.5 Å². The molecule has 6 nitrogen and oxygen atoms in total. The molecule has 2 N–H and O–H groups in total. The zero-order chi connectivity index (χ0) is 15.5. The van der Waals surface area contributed by atoms with Crippen LogP contribution in [0, 0.1) is 5.41 Å². The lowest BCUT2D eigenvalue weighted by Gasteiger charge is -2.25. The van der Waals surface area contributed by atoms with Crippen LogP contribution in [0.4, 0.5) is 5.95 Å². The fourth-order valence-electron chi connectivity index (χ4n) is 2.60. The number of methoxy groups -OCH3 is 1. The first kappa shape index (κ1) is 15.5. The van der Waals surface area contributed by atoms with Crippen LogP contribution in [-0.2, 0) is 6.54 Å². The number of imidazole rings is 1. The number of fused-ring (bicyclic) bond motifs is 1. The van der Waals surface area contributed by atoms with Gasteiger partial charge in [-0.15, -0.1) is 0 Å². The summed E-state index contributed by atoms with van der Waals surface area (Å²) in [4.78, 5) is 12.7. The van der Waals surface area contributed by atoms with Gasteiger partial charge in [0.15, 0.2) is 11.2 Å². The second-order valence-corrected chi connectivity index (χ2v) is 6.23. The molecule has 116 valence electrons. The number of hydrogen-bond donors (Lipinski definition) is 1. The van der Waals surface area contributed by atoms with Gasteiger partial charge >= 0.3 is 0 Å². The Labute approximate surface area is 125 Å². The van der Waals surface area contributed by atoms with E-state index in [1.54, 1.807) is 7.11 Å². The van der Waals surface area contributed by atoms with Gasteiger partial charge in [0, 0.05) is 6.54 Å². The quantitative estimate of drug-likeness (QED) is 0.793. The molecule has 0 saturated carbocycles. The molecule has 21 heavy (non-hydrogen) atoms. The molecular formula is C15H25N5O. The van der Waals surface area contributed by atoms with E-state index in [1.165, 1.54) is 25.6 Å². The highest BCUT2D eigenvalue weighted by molar-refractivity contribution is 5.78. The summed E-state index contributed by atoms with van der Waals surface area (Å²) in [6, 6.07) is 0. The summed E-state index contributed by atoms with van der Waals surface area (Å²) in [5.74, 6) is 0.932. The van der Waals surface area contributed by atoms with Crippen molar-refractivity contribution in [1.29, 1.82) is 0 Å². The summed E-state index contributed by atoms with van der Waals surface area (Å²) in [6.45, 7) is 7.52. The topological polar surface area (TPSA) is 78.9 Å². The molecule has 2 heterocycles. The maximum Gasteiger partial charge on any atom is 0.245 e. The van der Waals surface area contributed by atoms with Gasteiger partial charge in [-0.25, -0.2) is 9.97 Å². The van der Waals surface area contributed by atoms with Crippen LogP contribution in [0.25, 0.3) is 11.2 Å². The highest BCUT2D eigenvalue weighted by Gasteiger charge is 2.23. The number of anilines is 1. The summed E-state index contributed by atoms with van der Waals surface area (Å²) in [7, 11) is 1.58. The van der Waals surface area contributed by atoms with Crippen LogP contribution in [0.1, 0.15) is 46.5 Å². The van der Waals surface area contributed by atoms with Gasteiger partial charge in [-0.1, -0.05) is 40.0 Å². The van der Waals surface area contributed by atoms with Crippen molar-refractivity contribution in [3.8, 4) is 5.88 Å². The van der Waals surface area contributed by atoms with E-state index >= 15 is 0 Å². The lowest BCUT2D eigenvalue weighted by molar-refractivity contribution is 0.276. The molecule has 0 amide bonds. The van der Waals surface area contributed by atoms with Crippen molar-refractivity contribution in [2.24, 2.45) is 5.41 Å². The zero-order valence-electron chi connectivity index (χ0n) is 13.4. The molecular weight excluding hydrogens is 266 g/mol. The maximum absolute atomic E-state index is 6.07. The molecule has 0 saturated heterocycles. The molecule has 0 aliphatic heterocycles. The van der Waals surface area contributed by atoms with E-state index in [9.17, 15) is 0 Å². The molecule has 6 heteroatoms. The van der Waals surface area contributed by atoms with Gasteiger partial charge in [-0.05, 0) is 11.8 Å². The van der Waals surface area contributed by atoms with Crippen molar-refractivity contribution >= 4 is 17.1 Å². The second kappa shape index (κ2) is 6.28. The normalized spacial score (nSPS) is 12.0. The van der Waals surface area contributed by atoms with Crippen LogP contribution < -0.4 is 10.5 Å². The first-order valence-corrected chi connectivity index (χ1v) is 7.49. The van der Waals surface area contributed by atoms with Crippen LogP contribution in [0.2, 0.25) is 0 Å². The first-order chi connectivity index (χ1) is 9.98. The van der Waals surface area contributed by atoms with Gasteiger partial charge in [0.1, 0.15) is 6.33 Å². The minimum absolute atomic E-state index is 0.148. The Kier molecular flexibility index (Phi) is 4.65. The molecule has 2 aromatic heterocycles. The van der Waals surface area contributed by atoms with Gasteiger partial charge in [-0.2, -0.15) is 4.98 Å². The van der Waals surface area contributed by atoms with Gasteiger partial charge < -0.3 is 10.5 Å². The Morgan fingerprint density at radius 1 is 1.29 bits per heavy atom. The third-order valence-corrected chi connectivity index (χ3v) is 3.76. The lowest BCUT2D eigenvalue weighted by atomic mass is 9.87. The van der Waals surface area contributed by atoms with Crippen molar-refractivity contribution in [1.82, 2.24) is 19.5 Å². The number of hydrogen-bond acceptors (Lipinski definition) is 5. The molecule has 2 rings (SSSR count). The van der Waals surface area contributed by atoms with Gasteiger partial charge in [0.2, 0.25) is 11.8 Å². The largest absolute Gasteiger partial charge is 0.479 e. The molecule has 0 atom stereocenters. The van der Waals surface area contributed by atoms with Gasteiger partial charge in [-0.3, -0.25) is 4.57 Å². The number of unbranched alkanes of at least 4 members (excludes halogenated alkanes) is 2. The van der Waals surface area contributed by atoms with Crippen molar-refractivity contribution < 1.29 is 4.74 Å². The van der Waals surface area contributed by atoms with E-state index in [2.05, 4.69) is 35.7 Å². The van der Waals surface area contributed by atoms with Crippen molar-refractivity contribution in [2.75, 3.05) is 12.8 Å². The van der Waals surface area contributed by atoms with E-state index < -0.39 is 0 Å². The molecule has 0 radical (unpaired) electrons.